The molecule has 0 aromatic heterocycles. The molecule has 1 aromatic rings. The Kier molecular flexibility index (Phi) is 6.43. The molecule has 0 aliphatic carbocycles. The second-order valence-electron chi connectivity index (χ2n) is 4.54. The van der Waals surface area contributed by atoms with Gasteiger partial charge in [0.25, 0.3) is 0 Å². The smallest absolute Gasteiger partial charge is 0.371 e. The highest BCUT2D eigenvalue weighted by Crippen LogP contribution is 2.28. The molecule has 19 heavy (non-hydrogen) atoms. The molecule has 0 aliphatic rings. The number of rotatable bonds is 7. The number of alkyl halides is 5. The van der Waals surface area contributed by atoms with Crippen molar-refractivity contribution < 1.29 is 17.9 Å². The van der Waals surface area contributed by atoms with E-state index in [0.717, 1.165) is 5.56 Å². The van der Waals surface area contributed by atoms with E-state index in [4.69, 9.17) is 27.9 Å². The molecule has 0 N–H and O–H groups in total. The Balaban J connectivity index is 2.63. The second-order valence-corrected chi connectivity index (χ2v) is 5.07. The van der Waals surface area contributed by atoms with E-state index >= 15 is 0 Å². The molecule has 0 bridgehead atoms. The van der Waals surface area contributed by atoms with Crippen LogP contribution in [0.4, 0.5) is 13.2 Å². The minimum atomic E-state index is -4.34. The topological polar surface area (TPSA) is 9.23 Å². The largest absolute Gasteiger partial charge is 0.411 e. The van der Waals surface area contributed by atoms with Crippen LogP contribution in [0.2, 0.25) is 0 Å². The SMILES string of the molecule is FC(F)(F)COCC(CCl)(CCl)Cc1ccccc1. The summed E-state index contributed by atoms with van der Waals surface area (Å²) in [5.41, 5.74) is 0.287. The van der Waals surface area contributed by atoms with Gasteiger partial charge in [-0.05, 0) is 12.0 Å². The van der Waals surface area contributed by atoms with Gasteiger partial charge in [0.1, 0.15) is 6.61 Å². The highest BCUT2D eigenvalue weighted by Gasteiger charge is 2.33. The van der Waals surface area contributed by atoms with Gasteiger partial charge in [-0.2, -0.15) is 13.2 Å². The minimum absolute atomic E-state index is 0.117. The summed E-state index contributed by atoms with van der Waals surface area (Å²) >= 11 is 11.8. The van der Waals surface area contributed by atoms with Crippen LogP contribution in [0.1, 0.15) is 5.56 Å². The average molecular weight is 315 g/mol. The Morgan fingerprint density at radius 3 is 2.00 bits per heavy atom. The van der Waals surface area contributed by atoms with E-state index in [2.05, 4.69) is 0 Å². The molecule has 1 aromatic carbocycles. The number of ether oxygens (including phenoxy) is 1. The maximum atomic E-state index is 12.1. The van der Waals surface area contributed by atoms with Crippen molar-refractivity contribution in [1.82, 2.24) is 0 Å². The third-order valence-electron chi connectivity index (χ3n) is 2.66. The van der Waals surface area contributed by atoms with Crippen LogP contribution in [-0.2, 0) is 11.2 Å². The van der Waals surface area contributed by atoms with Gasteiger partial charge in [0, 0.05) is 17.2 Å². The monoisotopic (exact) mass is 314 g/mol. The lowest BCUT2D eigenvalue weighted by atomic mass is 9.86. The van der Waals surface area contributed by atoms with E-state index < -0.39 is 18.2 Å². The van der Waals surface area contributed by atoms with Crippen LogP contribution in [0.3, 0.4) is 0 Å². The number of hydrogen-bond donors (Lipinski definition) is 0. The standard InChI is InChI=1S/C13H15Cl2F3O/c14-7-12(8-15,9-19-10-13(16,17)18)6-11-4-2-1-3-5-11/h1-5H,6-10H2. The van der Waals surface area contributed by atoms with Gasteiger partial charge in [-0.1, -0.05) is 30.3 Å². The van der Waals surface area contributed by atoms with Gasteiger partial charge in [0.05, 0.1) is 6.61 Å². The van der Waals surface area contributed by atoms with Crippen molar-refractivity contribution in [3.63, 3.8) is 0 Å². The highest BCUT2D eigenvalue weighted by molar-refractivity contribution is 6.21. The molecule has 0 aliphatic heterocycles. The molecular formula is C13H15Cl2F3O. The average Bonchev–Trinajstić information content (AvgIpc) is 2.37. The second kappa shape index (κ2) is 7.36. The summed E-state index contributed by atoms with van der Waals surface area (Å²) in [6.45, 7) is -1.40. The van der Waals surface area contributed by atoms with Crippen molar-refractivity contribution in [2.45, 2.75) is 12.6 Å². The summed E-state index contributed by atoms with van der Waals surface area (Å²) in [6.07, 6.45) is -3.85. The van der Waals surface area contributed by atoms with Gasteiger partial charge < -0.3 is 4.74 Å². The molecule has 0 radical (unpaired) electrons. The fourth-order valence-electron chi connectivity index (χ4n) is 1.67. The summed E-state index contributed by atoms with van der Waals surface area (Å²) in [7, 11) is 0. The molecule has 6 heteroatoms. The lowest BCUT2D eigenvalue weighted by molar-refractivity contribution is -0.179. The summed E-state index contributed by atoms with van der Waals surface area (Å²) in [5.74, 6) is 0.284. The van der Waals surface area contributed by atoms with E-state index in [-0.39, 0.29) is 18.4 Å². The first kappa shape index (κ1) is 16.6. The van der Waals surface area contributed by atoms with Gasteiger partial charge in [0.15, 0.2) is 0 Å². The van der Waals surface area contributed by atoms with Crippen molar-refractivity contribution in [3.05, 3.63) is 35.9 Å². The van der Waals surface area contributed by atoms with E-state index in [1.54, 1.807) is 0 Å². The molecule has 0 saturated carbocycles. The van der Waals surface area contributed by atoms with Crippen molar-refractivity contribution in [1.29, 1.82) is 0 Å². The zero-order valence-corrected chi connectivity index (χ0v) is 11.7. The van der Waals surface area contributed by atoms with Gasteiger partial charge in [-0.3, -0.25) is 0 Å². The van der Waals surface area contributed by atoms with Crippen LogP contribution in [0.15, 0.2) is 30.3 Å². The highest BCUT2D eigenvalue weighted by atomic mass is 35.5. The third-order valence-corrected chi connectivity index (χ3v) is 3.80. The summed E-state index contributed by atoms with van der Waals surface area (Å²) in [5, 5.41) is 0. The van der Waals surface area contributed by atoms with Gasteiger partial charge in [0.2, 0.25) is 0 Å². The van der Waals surface area contributed by atoms with Crippen LogP contribution in [0.5, 0.6) is 0 Å². The fraction of sp³-hybridized carbons (Fsp3) is 0.538. The molecule has 0 unspecified atom stereocenters. The van der Waals surface area contributed by atoms with Crippen LogP contribution in [-0.4, -0.2) is 31.2 Å². The van der Waals surface area contributed by atoms with Crippen molar-refractivity contribution in [3.8, 4) is 0 Å². The summed E-state index contributed by atoms with van der Waals surface area (Å²) in [6, 6.07) is 9.36. The lowest BCUT2D eigenvalue weighted by Gasteiger charge is -2.29. The van der Waals surface area contributed by atoms with Crippen molar-refractivity contribution >= 4 is 23.2 Å². The van der Waals surface area contributed by atoms with E-state index in [0.29, 0.717) is 6.42 Å². The fourth-order valence-corrected chi connectivity index (χ4v) is 2.30. The summed E-state index contributed by atoms with van der Waals surface area (Å²) in [4.78, 5) is 0. The first-order valence-electron chi connectivity index (χ1n) is 5.71. The first-order chi connectivity index (χ1) is 8.91. The van der Waals surface area contributed by atoms with Crippen LogP contribution < -0.4 is 0 Å². The van der Waals surface area contributed by atoms with Gasteiger partial charge in [-0.25, -0.2) is 0 Å². The predicted octanol–water partition coefficient (Wildman–Crippen LogP) is 4.27. The summed E-state index contributed by atoms with van der Waals surface area (Å²) < 4.78 is 40.9. The zero-order chi connectivity index (χ0) is 14.4. The van der Waals surface area contributed by atoms with Crippen LogP contribution >= 0.6 is 23.2 Å². The Morgan fingerprint density at radius 2 is 1.53 bits per heavy atom. The quantitative estimate of drug-likeness (QED) is 0.683. The van der Waals surface area contributed by atoms with Crippen LogP contribution in [0, 0.1) is 5.41 Å². The molecule has 0 heterocycles. The third kappa shape index (κ3) is 6.02. The molecular weight excluding hydrogens is 300 g/mol. The van der Waals surface area contributed by atoms with E-state index in [9.17, 15) is 13.2 Å². The minimum Gasteiger partial charge on any atom is -0.371 e. The molecule has 1 nitrogen and oxygen atoms in total. The molecule has 0 fully saturated rings. The maximum absolute atomic E-state index is 12.1. The number of hydrogen-bond acceptors (Lipinski definition) is 1. The van der Waals surface area contributed by atoms with E-state index in [1.165, 1.54) is 0 Å². The lowest BCUT2D eigenvalue weighted by Crippen LogP contribution is -2.35. The molecule has 1 rings (SSSR count). The van der Waals surface area contributed by atoms with Gasteiger partial charge >= 0.3 is 6.18 Å². The molecule has 0 atom stereocenters. The molecule has 0 amide bonds. The van der Waals surface area contributed by atoms with Crippen molar-refractivity contribution in [2.24, 2.45) is 5.41 Å². The van der Waals surface area contributed by atoms with E-state index in [1.807, 2.05) is 30.3 Å². The molecule has 0 saturated heterocycles. The Morgan fingerprint density at radius 1 is 0.947 bits per heavy atom. The maximum Gasteiger partial charge on any atom is 0.411 e. The zero-order valence-electron chi connectivity index (χ0n) is 10.2. The Hall–Kier alpha value is -0.450. The number of halogens is 5. The van der Waals surface area contributed by atoms with Gasteiger partial charge in [-0.15, -0.1) is 23.2 Å². The van der Waals surface area contributed by atoms with Crippen LogP contribution in [0.25, 0.3) is 0 Å². The number of benzene rings is 1. The molecule has 0 spiro atoms. The normalized spacial score (nSPS) is 12.7. The predicted molar refractivity (Wildman–Crippen MR) is 70.9 cm³/mol. The Bertz CT molecular complexity index is 364. The molecule has 108 valence electrons. The van der Waals surface area contributed by atoms with Crippen molar-refractivity contribution in [2.75, 3.05) is 25.0 Å². The Labute approximate surface area is 120 Å². The first-order valence-corrected chi connectivity index (χ1v) is 6.78.